The third-order valence-corrected chi connectivity index (χ3v) is 5.51. The van der Waals surface area contributed by atoms with Crippen molar-refractivity contribution in [2.75, 3.05) is 12.0 Å². The molecule has 0 radical (unpaired) electrons. The highest BCUT2D eigenvalue weighted by Crippen LogP contribution is 2.43. The number of nitrogens with zero attached hydrogens (tertiary/aromatic N) is 3. The molecule has 1 aromatic heterocycles. The molecule has 7 heteroatoms. The molecule has 0 saturated carbocycles. The molecule has 126 valence electrons. The lowest BCUT2D eigenvalue weighted by Crippen LogP contribution is -2.33. The number of amides is 1. The standard InChI is InChI=1S/C18H15N3O3S/c1-24-13-6-7-15-17(10-13)25(23)16-5-3-2-4-14(16)21(15)18(22)11-20-9-8-19-12-20/h2-10,12H,11H2,1H3. The lowest BCUT2D eigenvalue weighted by Gasteiger charge is -2.31. The fourth-order valence-corrected chi connectivity index (χ4v) is 4.24. The van der Waals surface area contributed by atoms with Crippen molar-refractivity contribution in [3.63, 3.8) is 0 Å². The summed E-state index contributed by atoms with van der Waals surface area (Å²) in [6, 6.07) is 12.5. The van der Waals surface area contributed by atoms with Gasteiger partial charge in [-0.1, -0.05) is 12.1 Å². The van der Waals surface area contributed by atoms with E-state index in [0.717, 1.165) is 0 Å². The first-order chi connectivity index (χ1) is 12.2. The Hall–Kier alpha value is -2.93. The van der Waals surface area contributed by atoms with Crippen molar-refractivity contribution in [3.8, 4) is 5.75 Å². The lowest BCUT2D eigenvalue weighted by molar-refractivity contribution is -0.118. The minimum atomic E-state index is -1.37. The average Bonchev–Trinajstić information content (AvgIpc) is 3.14. The van der Waals surface area contributed by atoms with E-state index in [1.54, 1.807) is 59.6 Å². The minimum absolute atomic E-state index is 0.131. The number of carbonyl (C=O) groups is 1. The summed E-state index contributed by atoms with van der Waals surface area (Å²) >= 11 is 0. The Morgan fingerprint density at radius 1 is 1.16 bits per heavy atom. The monoisotopic (exact) mass is 353 g/mol. The van der Waals surface area contributed by atoms with E-state index in [1.807, 2.05) is 18.2 Å². The Bertz CT molecular complexity index is 969. The summed E-state index contributed by atoms with van der Waals surface area (Å²) in [4.78, 5) is 19.8. The van der Waals surface area contributed by atoms with Crippen LogP contribution in [0.25, 0.3) is 0 Å². The van der Waals surface area contributed by atoms with Gasteiger partial charge in [0.15, 0.2) is 0 Å². The van der Waals surface area contributed by atoms with Crippen molar-refractivity contribution in [2.45, 2.75) is 16.3 Å². The molecule has 0 spiro atoms. The smallest absolute Gasteiger partial charge is 0.251 e. The molecule has 1 unspecified atom stereocenters. The highest BCUT2D eigenvalue weighted by Gasteiger charge is 2.32. The second kappa shape index (κ2) is 6.18. The molecule has 0 bridgehead atoms. The van der Waals surface area contributed by atoms with Crippen LogP contribution >= 0.6 is 0 Å². The van der Waals surface area contributed by atoms with E-state index in [1.165, 1.54) is 0 Å². The highest BCUT2D eigenvalue weighted by molar-refractivity contribution is 7.85. The summed E-state index contributed by atoms with van der Waals surface area (Å²) in [5.74, 6) is 0.474. The SMILES string of the molecule is COc1ccc2c(c1)S(=O)c1ccccc1N2C(=O)Cn1ccnc1. The molecule has 4 rings (SSSR count). The van der Waals surface area contributed by atoms with Gasteiger partial charge in [0.2, 0.25) is 0 Å². The topological polar surface area (TPSA) is 64.4 Å². The fraction of sp³-hybridized carbons (Fsp3) is 0.111. The third kappa shape index (κ3) is 2.62. The zero-order valence-corrected chi connectivity index (χ0v) is 14.3. The van der Waals surface area contributed by atoms with Crippen molar-refractivity contribution in [3.05, 3.63) is 61.2 Å². The van der Waals surface area contributed by atoms with E-state index in [9.17, 15) is 9.00 Å². The van der Waals surface area contributed by atoms with Crippen LogP contribution in [0, 0.1) is 0 Å². The van der Waals surface area contributed by atoms with Gasteiger partial charge in [0.1, 0.15) is 12.3 Å². The zero-order chi connectivity index (χ0) is 17.4. The van der Waals surface area contributed by atoms with Crippen LogP contribution in [-0.2, 0) is 22.1 Å². The van der Waals surface area contributed by atoms with Crippen molar-refractivity contribution in [1.82, 2.24) is 9.55 Å². The number of benzene rings is 2. The normalized spacial score (nSPS) is 15.4. The number of methoxy groups -OCH3 is 1. The maximum Gasteiger partial charge on any atom is 0.251 e. The van der Waals surface area contributed by atoms with Gasteiger partial charge in [-0.25, -0.2) is 9.19 Å². The van der Waals surface area contributed by atoms with Gasteiger partial charge in [0.25, 0.3) is 5.91 Å². The van der Waals surface area contributed by atoms with Crippen LogP contribution in [0.4, 0.5) is 11.4 Å². The Kier molecular flexibility index (Phi) is 3.85. The quantitative estimate of drug-likeness (QED) is 0.726. The molecule has 1 amide bonds. The molecule has 2 aromatic carbocycles. The van der Waals surface area contributed by atoms with E-state index in [2.05, 4.69) is 4.98 Å². The first-order valence-electron chi connectivity index (χ1n) is 7.66. The number of para-hydroxylation sites is 1. The first kappa shape index (κ1) is 15.6. The van der Waals surface area contributed by atoms with Gasteiger partial charge in [-0.3, -0.25) is 9.69 Å². The van der Waals surface area contributed by atoms with Crippen LogP contribution in [-0.4, -0.2) is 26.8 Å². The molecule has 2 heterocycles. The maximum atomic E-state index is 13.0. The summed E-state index contributed by atoms with van der Waals surface area (Å²) < 4.78 is 19.9. The van der Waals surface area contributed by atoms with E-state index in [-0.39, 0.29) is 12.5 Å². The van der Waals surface area contributed by atoms with Crippen LogP contribution in [0.2, 0.25) is 0 Å². The number of hydrogen-bond donors (Lipinski definition) is 0. The van der Waals surface area contributed by atoms with Gasteiger partial charge in [-0.15, -0.1) is 0 Å². The largest absolute Gasteiger partial charge is 0.497 e. The molecule has 0 saturated heterocycles. The summed E-state index contributed by atoms with van der Waals surface area (Å²) in [5.41, 5.74) is 1.26. The van der Waals surface area contributed by atoms with E-state index in [0.29, 0.717) is 26.9 Å². The van der Waals surface area contributed by atoms with Gasteiger partial charge in [-0.2, -0.15) is 0 Å². The summed E-state index contributed by atoms with van der Waals surface area (Å²) in [5, 5.41) is 0. The maximum absolute atomic E-state index is 13.0. The van der Waals surface area contributed by atoms with E-state index >= 15 is 0 Å². The second-order valence-corrected chi connectivity index (χ2v) is 6.95. The summed E-state index contributed by atoms with van der Waals surface area (Å²) in [6.45, 7) is 0.145. The molecule has 3 aromatic rings. The molecule has 0 fully saturated rings. The molecule has 1 aliphatic heterocycles. The molecule has 0 aliphatic carbocycles. The van der Waals surface area contributed by atoms with Crippen molar-refractivity contribution in [2.24, 2.45) is 0 Å². The van der Waals surface area contributed by atoms with Gasteiger partial charge >= 0.3 is 0 Å². The average molecular weight is 353 g/mol. The van der Waals surface area contributed by atoms with Crippen LogP contribution in [0.1, 0.15) is 0 Å². The second-order valence-electron chi connectivity index (χ2n) is 5.53. The number of hydrogen-bond acceptors (Lipinski definition) is 4. The number of anilines is 2. The number of fused-ring (bicyclic) bond motifs is 2. The first-order valence-corrected chi connectivity index (χ1v) is 8.81. The highest BCUT2D eigenvalue weighted by atomic mass is 32.2. The van der Waals surface area contributed by atoms with Gasteiger partial charge in [0.05, 0.1) is 45.4 Å². The van der Waals surface area contributed by atoms with Crippen LogP contribution in [0.5, 0.6) is 5.75 Å². The Balaban J connectivity index is 1.85. The predicted molar refractivity (Wildman–Crippen MR) is 93.5 cm³/mol. The molecule has 6 nitrogen and oxygen atoms in total. The van der Waals surface area contributed by atoms with Crippen LogP contribution in [0.3, 0.4) is 0 Å². The molecule has 1 atom stereocenters. The van der Waals surface area contributed by atoms with Crippen LogP contribution in [0.15, 0.2) is 71.0 Å². The zero-order valence-electron chi connectivity index (χ0n) is 13.5. The van der Waals surface area contributed by atoms with Gasteiger partial charge in [0, 0.05) is 12.4 Å². The molecule has 25 heavy (non-hydrogen) atoms. The minimum Gasteiger partial charge on any atom is -0.497 e. The van der Waals surface area contributed by atoms with Gasteiger partial charge in [-0.05, 0) is 30.3 Å². The fourth-order valence-electron chi connectivity index (χ4n) is 2.88. The molecule has 0 N–H and O–H groups in total. The lowest BCUT2D eigenvalue weighted by atomic mass is 10.2. The number of carbonyl (C=O) groups excluding carboxylic acids is 1. The molecular formula is C18H15N3O3S. The summed E-state index contributed by atoms with van der Waals surface area (Å²) in [7, 11) is 0.188. The molecular weight excluding hydrogens is 338 g/mol. The third-order valence-electron chi connectivity index (χ3n) is 4.04. The van der Waals surface area contributed by atoms with Crippen molar-refractivity contribution < 1.29 is 13.7 Å². The number of ether oxygens (including phenoxy) is 1. The predicted octanol–water partition coefficient (Wildman–Crippen LogP) is 2.74. The Labute approximate surface area is 147 Å². The Morgan fingerprint density at radius 2 is 1.96 bits per heavy atom. The van der Waals surface area contributed by atoms with E-state index in [4.69, 9.17) is 4.74 Å². The number of rotatable bonds is 3. The van der Waals surface area contributed by atoms with Crippen molar-refractivity contribution in [1.29, 1.82) is 0 Å². The Morgan fingerprint density at radius 3 is 2.72 bits per heavy atom. The number of aromatic nitrogens is 2. The van der Waals surface area contributed by atoms with E-state index < -0.39 is 10.8 Å². The van der Waals surface area contributed by atoms with Gasteiger partial charge < -0.3 is 9.30 Å². The summed E-state index contributed by atoms with van der Waals surface area (Å²) in [6.07, 6.45) is 4.97. The van der Waals surface area contributed by atoms with Crippen molar-refractivity contribution >= 4 is 28.1 Å². The molecule has 1 aliphatic rings. The van der Waals surface area contributed by atoms with Crippen LogP contribution < -0.4 is 9.64 Å². The number of imidazole rings is 1.